The summed E-state index contributed by atoms with van der Waals surface area (Å²) >= 11 is 0. The van der Waals surface area contributed by atoms with Gasteiger partial charge in [-0.3, -0.25) is 19.3 Å². The van der Waals surface area contributed by atoms with Crippen molar-refractivity contribution >= 4 is 30.0 Å². The van der Waals surface area contributed by atoms with Gasteiger partial charge in [0.05, 0.1) is 18.7 Å². The SMILES string of the molecule is CC(=O)N([C@H](CC(=O)O)c1ccc2c(c1)OCCO2)N1C(=O)N(Cc2ccccc2)[C@](C)(c2ccc(C=NN)cc2)C1=O. The summed E-state index contributed by atoms with van der Waals surface area (Å²) in [6, 6.07) is 18.7. The first-order valence-corrected chi connectivity index (χ1v) is 13.6. The van der Waals surface area contributed by atoms with Crippen molar-refractivity contribution in [1.29, 1.82) is 0 Å². The predicted octanol–water partition coefficient (Wildman–Crippen LogP) is 3.41. The molecule has 3 aromatic carbocycles. The van der Waals surface area contributed by atoms with Crippen LogP contribution in [0.25, 0.3) is 0 Å². The first kappa shape index (κ1) is 29.1. The Bertz CT molecular complexity index is 1580. The number of ether oxygens (including phenoxy) is 2. The van der Waals surface area contributed by atoms with Crippen molar-refractivity contribution in [3.8, 4) is 11.5 Å². The average Bonchev–Trinajstić information content (AvgIpc) is 3.18. The van der Waals surface area contributed by atoms with Crippen LogP contribution in [0.3, 0.4) is 0 Å². The van der Waals surface area contributed by atoms with Crippen LogP contribution in [-0.4, -0.2) is 63.3 Å². The van der Waals surface area contributed by atoms with Gasteiger partial charge in [-0.15, -0.1) is 0 Å². The summed E-state index contributed by atoms with van der Waals surface area (Å²) in [6.45, 7) is 3.49. The molecule has 0 aromatic heterocycles. The number of amides is 4. The smallest absolute Gasteiger partial charge is 0.347 e. The highest BCUT2D eigenvalue weighted by atomic mass is 16.6. The fourth-order valence-electron chi connectivity index (χ4n) is 5.43. The first-order chi connectivity index (χ1) is 20.6. The molecule has 2 atom stereocenters. The van der Waals surface area contributed by atoms with E-state index in [1.165, 1.54) is 18.0 Å². The molecule has 0 aliphatic carbocycles. The van der Waals surface area contributed by atoms with E-state index in [9.17, 15) is 24.3 Å². The lowest BCUT2D eigenvalue weighted by Crippen LogP contribution is -2.52. The maximum atomic E-state index is 14.5. The number of urea groups is 1. The fourth-order valence-corrected chi connectivity index (χ4v) is 5.43. The van der Waals surface area contributed by atoms with Crippen LogP contribution in [0.5, 0.6) is 11.5 Å². The lowest BCUT2D eigenvalue weighted by atomic mass is 9.89. The summed E-state index contributed by atoms with van der Waals surface area (Å²) < 4.78 is 11.3. The topological polar surface area (TPSA) is 155 Å². The zero-order chi connectivity index (χ0) is 30.7. The molecule has 1 fully saturated rings. The Balaban J connectivity index is 1.62. The molecule has 0 saturated carbocycles. The van der Waals surface area contributed by atoms with E-state index in [-0.39, 0.29) is 6.54 Å². The molecule has 12 nitrogen and oxygen atoms in total. The Labute approximate surface area is 247 Å². The molecule has 3 N–H and O–H groups in total. The average molecular weight is 586 g/mol. The van der Waals surface area contributed by atoms with Crippen molar-refractivity contribution < 1.29 is 33.8 Å². The number of carbonyl (C=O) groups excluding carboxylic acids is 3. The van der Waals surface area contributed by atoms with Crippen molar-refractivity contribution in [3.05, 3.63) is 95.1 Å². The number of nitrogens with zero attached hydrogens (tertiary/aromatic N) is 4. The number of hydrazine groups is 1. The van der Waals surface area contributed by atoms with Crippen LogP contribution in [-0.2, 0) is 26.5 Å². The molecule has 1 saturated heterocycles. The van der Waals surface area contributed by atoms with Gasteiger partial charge in [-0.25, -0.2) is 9.80 Å². The number of hydrogen-bond donors (Lipinski definition) is 2. The van der Waals surface area contributed by atoms with Gasteiger partial charge in [0, 0.05) is 13.5 Å². The predicted molar refractivity (Wildman–Crippen MR) is 155 cm³/mol. The maximum absolute atomic E-state index is 14.5. The Hall–Kier alpha value is -5.39. The lowest BCUT2D eigenvalue weighted by molar-refractivity contribution is -0.162. The quantitative estimate of drug-likeness (QED) is 0.168. The largest absolute Gasteiger partial charge is 0.486 e. The fraction of sp³-hybridized carbons (Fsp3) is 0.258. The Morgan fingerprint density at radius 2 is 1.72 bits per heavy atom. The number of carboxylic acids is 1. The summed E-state index contributed by atoms with van der Waals surface area (Å²) in [5.41, 5.74) is 0.724. The van der Waals surface area contributed by atoms with Gasteiger partial charge in [0.25, 0.3) is 5.91 Å². The summed E-state index contributed by atoms with van der Waals surface area (Å²) in [5, 5.41) is 15.1. The number of carbonyl (C=O) groups is 4. The number of imide groups is 1. The molecule has 3 aromatic rings. The Morgan fingerprint density at radius 1 is 1.05 bits per heavy atom. The third kappa shape index (κ3) is 5.46. The molecule has 222 valence electrons. The number of carboxylic acid groups (broad SMARTS) is 1. The highest BCUT2D eigenvalue weighted by Gasteiger charge is 2.58. The number of rotatable bonds is 9. The summed E-state index contributed by atoms with van der Waals surface area (Å²) in [4.78, 5) is 55.6. The Morgan fingerprint density at radius 3 is 2.35 bits per heavy atom. The van der Waals surface area contributed by atoms with Crippen molar-refractivity contribution in [3.63, 3.8) is 0 Å². The third-order valence-corrected chi connectivity index (χ3v) is 7.59. The molecule has 43 heavy (non-hydrogen) atoms. The second-order valence-electron chi connectivity index (χ2n) is 10.3. The molecular weight excluding hydrogens is 554 g/mol. The van der Waals surface area contributed by atoms with Crippen LogP contribution in [0.15, 0.2) is 77.9 Å². The summed E-state index contributed by atoms with van der Waals surface area (Å²) in [5.74, 6) is 3.49. The molecule has 0 unspecified atom stereocenters. The van der Waals surface area contributed by atoms with E-state index in [0.29, 0.717) is 41.4 Å². The number of nitrogens with two attached hydrogens (primary N) is 1. The molecule has 2 heterocycles. The number of benzene rings is 3. The monoisotopic (exact) mass is 585 g/mol. The van der Waals surface area contributed by atoms with Gasteiger partial charge in [-0.05, 0) is 41.3 Å². The minimum Gasteiger partial charge on any atom is -0.486 e. The summed E-state index contributed by atoms with van der Waals surface area (Å²) in [6.07, 6.45) is 0.863. The molecule has 0 bridgehead atoms. The summed E-state index contributed by atoms with van der Waals surface area (Å²) in [7, 11) is 0. The molecule has 2 aliphatic rings. The molecule has 12 heteroatoms. The molecule has 0 spiro atoms. The normalized spacial score (nSPS) is 18.7. The van der Waals surface area contributed by atoms with Gasteiger partial charge < -0.3 is 20.4 Å². The number of aliphatic carboxylic acids is 1. The van der Waals surface area contributed by atoms with E-state index in [1.807, 2.05) is 30.3 Å². The highest BCUT2D eigenvalue weighted by Crippen LogP contribution is 2.42. The molecule has 2 aliphatic heterocycles. The van der Waals surface area contributed by atoms with E-state index in [4.69, 9.17) is 15.3 Å². The van der Waals surface area contributed by atoms with Crippen LogP contribution < -0.4 is 15.3 Å². The van der Waals surface area contributed by atoms with Crippen molar-refractivity contribution in [2.75, 3.05) is 13.2 Å². The molecule has 0 radical (unpaired) electrons. The molecule has 4 amide bonds. The van der Waals surface area contributed by atoms with Crippen LogP contribution in [0, 0.1) is 0 Å². The first-order valence-electron chi connectivity index (χ1n) is 13.6. The van der Waals surface area contributed by atoms with Crippen LogP contribution >= 0.6 is 0 Å². The van der Waals surface area contributed by atoms with E-state index < -0.39 is 41.8 Å². The zero-order valence-electron chi connectivity index (χ0n) is 23.7. The van der Waals surface area contributed by atoms with E-state index in [0.717, 1.165) is 15.6 Å². The van der Waals surface area contributed by atoms with Crippen LogP contribution in [0.2, 0.25) is 0 Å². The minimum atomic E-state index is -1.56. The van der Waals surface area contributed by atoms with Gasteiger partial charge in [-0.2, -0.15) is 10.1 Å². The molecular formula is C31H31N5O7. The number of fused-ring (bicyclic) bond motifs is 1. The van der Waals surface area contributed by atoms with Gasteiger partial charge in [0.2, 0.25) is 5.91 Å². The van der Waals surface area contributed by atoms with Crippen LogP contribution in [0.1, 0.15) is 48.6 Å². The van der Waals surface area contributed by atoms with Gasteiger partial charge in [0.15, 0.2) is 11.5 Å². The van der Waals surface area contributed by atoms with Gasteiger partial charge in [-0.1, -0.05) is 60.7 Å². The highest BCUT2D eigenvalue weighted by molar-refractivity contribution is 6.08. The zero-order valence-corrected chi connectivity index (χ0v) is 23.7. The van der Waals surface area contributed by atoms with E-state index in [1.54, 1.807) is 49.4 Å². The maximum Gasteiger partial charge on any atom is 0.347 e. The second-order valence-corrected chi connectivity index (χ2v) is 10.3. The third-order valence-electron chi connectivity index (χ3n) is 7.59. The second kappa shape index (κ2) is 11.8. The lowest BCUT2D eigenvalue weighted by Gasteiger charge is -2.36. The Kier molecular flexibility index (Phi) is 8.02. The van der Waals surface area contributed by atoms with Gasteiger partial charge >= 0.3 is 12.0 Å². The minimum absolute atomic E-state index is 0.0454. The standard InChI is InChI=1S/C31H31N5O7/c1-20(37)35(25(17-28(38)39)23-10-13-26-27(16-23)43-15-14-42-26)36-29(40)31(2,24-11-8-21(9-12-24)18-33-32)34(30(36)41)19-22-6-4-3-5-7-22/h3-13,16,18,25H,14-15,17,19,32H2,1-2H3,(H,38,39)/t25-,31-/m1/s1. The number of hydrogen-bond acceptors (Lipinski definition) is 8. The van der Waals surface area contributed by atoms with Crippen molar-refractivity contribution in [2.45, 2.75) is 38.4 Å². The van der Waals surface area contributed by atoms with E-state index in [2.05, 4.69) is 5.10 Å². The van der Waals surface area contributed by atoms with Gasteiger partial charge in [0.1, 0.15) is 18.8 Å². The number of hydrazone groups is 1. The van der Waals surface area contributed by atoms with Crippen molar-refractivity contribution in [1.82, 2.24) is 14.9 Å². The molecule has 5 rings (SSSR count). The van der Waals surface area contributed by atoms with Crippen LogP contribution in [0.4, 0.5) is 4.79 Å². The van der Waals surface area contributed by atoms with E-state index >= 15 is 0 Å². The van der Waals surface area contributed by atoms with Crippen molar-refractivity contribution in [2.24, 2.45) is 10.9 Å².